The van der Waals surface area contributed by atoms with E-state index in [1.807, 2.05) is 0 Å². The zero-order chi connectivity index (χ0) is 51.7. The largest absolute Gasteiger partial charge is 0.490 e. The van der Waals surface area contributed by atoms with E-state index in [0.717, 1.165) is 76.8 Å². The number of hydrogen-bond acceptors (Lipinski definition) is 8. The highest BCUT2D eigenvalue weighted by Crippen LogP contribution is 2.57. The molecule has 4 nitrogen and oxygen atoms in total. The normalized spacial score (nSPS) is 12.2. The van der Waals surface area contributed by atoms with E-state index < -0.39 is 0 Å². The summed E-state index contributed by atoms with van der Waals surface area (Å²) in [5.74, 6) is 17.6. The second-order valence-corrected chi connectivity index (χ2v) is 26.0. The van der Waals surface area contributed by atoms with Gasteiger partial charge in [-0.15, -0.1) is 23.5 Å². The summed E-state index contributed by atoms with van der Waals surface area (Å²) in [5.41, 5.74) is 2.70. The second-order valence-electron chi connectivity index (χ2n) is 19.2. The lowest BCUT2D eigenvalue weighted by molar-refractivity contribution is 0.258. The van der Waals surface area contributed by atoms with Gasteiger partial charge in [0, 0.05) is 30.4 Å². The Kier molecular flexibility index (Phi) is 40.1. The van der Waals surface area contributed by atoms with Crippen LogP contribution >= 0.6 is 92.2 Å². The van der Waals surface area contributed by atoms with Gasteiger partial charge in [0.2, 0.25) is 0 Å². The van der Waals surface area contributed by atoms with Crippen molar-refractivity contribution in [3.63, 3.8) is 0 Å². The van der Waals surface area contributed by atoms with Crippen LogP contribution in [0.1, 0.15) is 244 Å². The second kappa shape index (κ2) is 44.1. The molecular weight excluding hydrogens is 1190 g/mol. The van der Waals surface area contributed by atoms with E-state index in [9.17, 15) is 0 Å². The summed E-state index contributed by atoms with van der Waals surface area (Å²) in [4.78, 5) is 0. The first kappa shape index (κ1) is 65.4. The number of rotatable bonds is 42. The highest BCUT2D eigenvalue weighted by Gasteiger charge is 2.23. The Hall–Kier alpha value is -0.900. The number of hydrogen-bond donors (Lipinski definition) is 0. The fourth-order valence-corrected chi connectivity index (χ4v) is 14.4. The minimum atomic E-state index is 0.678. The van der Waals surface area contributed by atoms with Crippen LogP contribution in [0.3, 0.4) is 0 Å². The minimum Gasteiger partial charge on any atom is -0.490 e. The minimum absolute atomic E-state index is 0.678. The van der Waals surface area contributed by atoms with Crippen LogP contribution in [0, 0.1) is 30.8 Å². The van der Waals surface area contributed by atoms with E-state index >= 15 is 0 Å². The summed E-state index contributed by atoms with van der Waals surface area (Å²) in [7, 11) is 0. The maximum absolute atomic E-state index is 6.56. The maximum atomic E-state index is 6.56. The molecule has 0 amide bonds. The molecule has 0 saturated heterocycles. The van der Waals surface area contributed by atoms with Gasteiger partial charge < -0.3 is 18.9 Å². The van der Waals surface area contributed by atoms with E-state index in [0.29, 0.717) is 26.4 Å². The highest BCUT2D eigenvalue weighted by molar-refractivity contribution is 14.1. The predicted octanol–water partition coefficient (Wildman–Crippen LogP) is 21.9. The Morgan fingerprint density at radius 1 is 0.389 bits per heavy atom. The molecule has 0 bridgehead atoms. The lowest BCUT2D eigenvalue weighted by Gasteiger charge is -2.15. The molecule has 404 valence electrons. The van der Waals surface area contributed by atoms with Crippen LogP contribution in [-0.2, 0) is 0 Å². The molecule has 0 fully saturated rings. The third kappa shape index (κ3) is 29.0. The van der Waals surface area contributed by atoms with E-state index in [-0.39, 0.29) is 0 Å². The van der Waals surface area contributed by atoms with Crippen LogP contribution in [0.15, 0.2) is 42.6 Å². The van der Waals surface area contributed by atoms with Gasteiger partial charge in [-0.25, -0.2) is 0 Å². The first-order valence-corrected chi connectivity index (χ1v) is 34.8. The Bertz CT molecular complexity index is 1830. The molecule has 0 aliphatic carbocycles. The fourth-order valence-electron chi connectivity index (χ4n) is 8.40. The van der Waals surface area contributed by atoms with Gasteiger partial charge in [0.25, 0.3) is 0 Å². The van der Waals surface area contributed by atoms with Crippen LogP contribution in [0.2, 0.25) is 0 Å². The number of halogens is 2. The Balaban J connectivity index is 1.89. The molecule has 3 rings (SSSR count). The van der Waals surface area contributed by atoms with Gasteiger partial charge in [-0.2, -0.15) is 0 Å². The van der Waals surface area contributed by atoms with Gasteiger partial charge in [0.05, 0.1) is 44.7 Å². The molecule has 0 saturated carbocycles. The van der Waals surface area contributed by atoms with Gasteiger partial charge in [0.15, 0.2) is 23.0 Å². The van der Waals surface area contributed by atoms with Crippen molar-refractivity contribution in [1.82, 2.24) is 0 Å². The molecule has 0 N–H and O–H groups in total. The zero-order valence-corrected chi connectivity index (χ0v) is 53.4. The van der Waals surface area contributed by atoms with E-state index in [4.69, 9.17) is 18.9 Å². The lowest BCUT2D eigenvalue weighted by atomic mass is 10.1. The summed E-state index contributed by atoms with van der Waals surface area (Å²) < 4.78 is 31.9. The number of thioether (sulfide) groups is 4. The van der Waals surface area contributed by atoms with Crippen molar-refractivity contribution < 1.29 is 18.9 Å². The van der Waals surface area contributed by atoms with Crippen molar-refractivity contribution in [2.75, 3.05) is 38.9 Å². The average Bonchev–Trinajstić information content (AvgIpc) is 3.81. The van der Waals surface area contributed by atoms with Gasteiger partial charge in [-0.3, -0.25) is 0 Å². The molecule has 1 aliphatic heterocycles. The Morgan fingerprint density at radius 2 is 0.639 bits per heavy atom. The smallest absolute Gasteiger partial charge is 0.162 e. The Morgan fingerprint density at radius 3 is 0.903 bits per heavy atom. The topological polar surface area (TPSA) is 36.9 Å². The van der Waals surface area contributed by atoms with Crippen molar-refractivity contribution in [3.05, 3.63) is 60.8 Å². The molecule has 0 radical (unpaired) electrons. The van der Waals surface area contributed by atoms with Gasteiger partial charge in [-0.05, 0) is 95.5 Å². The number of allylic oxidation sites excluding steroid dienone is 1. The first-order chi connectivity index (χ1) is 35.4. The van der Waals surface area contributed by atoms with Crippen LogP contribution in [0.5, 0.6) is 23.0 Å². The maximum Gasteiger partial charge on any atom is 0.162 e. The van der Waals surface area contributed by atoms with Gasteiger partial charge in [0.1, 0.15) is 0 Å². The SMILES string of the molecule is CCCCCCCCCCOc1cc(I)c(C#CC(C#Cc2cc(OCCCCCCCCCC)c(OCCCCCCCCCC)cc2I)=C2SC(SC)=C(SC)S2)cc1OCCCCCCCCCC. The highest BCUT2D eigenvalue weighted by atomic mass is 127. The van der Waals surface area contributed by atoms with E-state index in [1.54, 1.807) is 47.0 Å². The summed E-state index contributed by atoms with van der Waals surface area (Å²) in [5, 5.41) is 0. The van der Waals surface area contributed by atoms with Gasteiger partial charge >= 0.3 is 0 Å². The molecule has 2 aromatic rings. The van der Waals surface area contributed by atoms with Crippen molar-refractivity contribution in [2.45, 2.75) is 233 Å². The lowest BCUT2D eigenvalue weighted by Crippen LogP contribution is -2.04. The van der Waals surface area contributed by atoms with Crippen LogP contribution in [0.4, 0.5) is 0 Å². The van der Waals surface area contributed by atoms with Crippen molar-refractivity contribution >= 4 is 92.2 Å². The fraction of sp³-hybridized carbons (Fsp3) is 0.677. The number of benzene rings is 2. The summed E-state index contributed by atoms with van der Waals surface area (Å²) in [6, 6.07) is 8.48. The summed E-state index contributed by atoms with van der Waals surface area (Å²) >= 11 is 12.0. The molecular formula is C62H94I2O4S4. The molecule has 0 aromatic heterocycles. The van der Waals surface area contributed by atoms with Gasteiger partial charge in [-0.1, -0.05) is 255 Å². The predicted molar refractivity (Wildman–Crippen MR) is 341 cm³/mol. The van der Waals surface area contributed by atoms with Crippen molar-refractivity contribution in [3.8, 4) is 46.7 Å². The van der Waals surface area contributed by atoms with Crippen LogP contribution < -0.4 is 18.9 Å². The third-order valence-corrected chi connectivity index (χ3v) is 19.9. The molecule has 72 heavy (non-hydrogen) atoms. The molecule has 2 aromatic carbocycles. The molecule has 10 heteroatoms. The van der Waals surface area contributed by atoms with E-state index in [1.165, 1.54) is 188 Å². The first-order valence-electron chi connectivity index (χ1n) is 28.5. The number of ether oxygens (including phenoxy) is 4. The quantitative estimate of drug-likeness (QED) is 0.0370. The average molecular weight is 1290 g/mol. The molecule has 0 unspecified atom stereocenters. The molecule has 0 atom stereocenters. The summed E-state index contributed by atoms with van der Waals surface area (Å²) in [6.07, 6.45) is 45.0. The van der Waals surface area contributed by atoms with Crippen molar-refractivity contribution in [2.24, 2.45) is 0 Å². The van der Waals surface area contributed by atoms with Crippen molar-refractivity contribution in [1.29, 1.82) is 0 Å². The van der Waals surface area contributed by atoms with Crippen LogP contribution in [-0.4, -0.2) is 38.9 Å². The number of unbranched alkanes of at least 4 members (excludes halogenated alkanes) is 28. The van der Waals surface area contributed by atoms with E-state index in [2.05, 4.69) is 133 Å². The monoisotopic (exact) mass is 1280 g/mol. The molecule has 1 aliphatic rings. The standard InChI is InChI=1S/C62H94I2O4S4/c1-7-11-15-19-23-27-31-35-43-65-56-47-52(54(63)49-58(56)67-45-37-33-29-25-21-17-13-9-3)41-39-51(60-71-61(69-5)62(70-6)72-60)40-42-53-48-57(66-44-36-32-28-24-20-16-12-8-2)59(50-55(53)64)68-46-38-34-30-26-22-18-14-10-4/h47-50H,7-38,43-46H2,1-6H3. The van der Waals surface area contributed by atoms with Crippen LogP contribution in [0.25, 0.3) is 0 Å². The molecule has 0 spiro atoms. The third-order valence-electron chi connectivity index (χ3n) is 12.8. The summed E-state index contributed by atoms with van der Waals surface area (Å²) in [6.45, 7) is 11.9. The molecule has 1 heterocycles. The Labute approximate surface area is 486 Å². The zero-order valence-electron chi connectivity index (χ0n) is 45.8.